The highest BCUT2D eigenvalue weighted by Gasteiger charge is 2.24. The summed E-state index contributed by atoms with van der Waals surface area (Å²) in [4.78, 5) is 23.7. The molecular weight excluding hydrogens is 446 g/mol. The summed E-state index contributed by atoms with van der Waals surface area (Å²) in [6, 6.07) is 5.57. The van der Waals surface area contributed by atoms with Crippen LogP contribution in [0.15, 0.2) is 24.4 Å². The van der Waals surface area contributed by atoms with Crippen molar-refractivity contribution in [3.05, 3.63) is 35.5 Å². The lowest BCUT2D eigenvalue weighted by molar-refractivity contribution is 0.0677. The lowest BCUT2D eigenvalue weighted by atomic mass is 9.93. The molecule has 188 valence electrons. The van der Waals surface area contributed by atoms with Gasteiger partial charge in [-0.2, -0.15) is 10.1 Å². The number of nitrogen functional groups attached to an aromatic ring is 1. The number of hydrogen-bond acceptors (Lipinski definition) is 8. The number of rotatable bonds is 10. The number of carbonyl (C=O) groups is 1. The maximum atomic E-state index is 13.1. The van der Waals surface area contributed by atoms with Gasteiger partial charge in [-0.25, -0.2) is 4.98 Å². The summed E-state index contributed by atoms with van der Waals surface area (Å²) in [6.07, 6.45) is 6.42. The van der Waals surface area contributed by atoms with Gasteiger partial charge in [-0.05, 0) is 43.7 Å². The van der Waals surface area contributed by atoms with Gasteiger partial charge in [0.15, 0.2) is 5.82 Å². The van der Waals surface area contributed by atoms with Crippen LogP contribution < -0.4 is 15.8 Å². The van der Waals surface area contributed by atoms with Crippen LogP contribution >= 0.6 is 0 Å². The number of unbranched alkanes of at least 4 members (excludes halogenated alkanes) is 1. The number of carbonyl (C=O) groups excluding carboxylic acids is 1. The number of nitrogens with two attached hydrogens (primary N) is 1. The number of amides is 1. The smallest absolute Gasteiger partial charge is 0.253 e. The summed E-state index contributed by atoms with van der Waals surface area (Å²) in [5.74, 6) is 2.00. The molecule has 1 aliphatic heterocycles. The number of hydrogen-bond donors (Lipinski definition) is 3. The molecule has 10 nitrogen and oxygen atoms in total. The fourth-order valence-corrected chi connectivity index (χ4v) is 4.60. The second-order valence-electron chi connectivity index (χ2n) is 9.02. The number of methoxy groups -OCH3 is 1. The molecule has 1 fully saturated rings. The van der Waals surface area contributed by atoms with Crippen molar-refractivity contribution in [1.29, 1.82) is 0 Å². The van der Waals surface area contributed by atoms with E-state index in [1.54, 1.807) is 19.4 Å². The molecule has 0 spiro atoms. The van der Waals surface area contributed by atoms with E-state index in [4.69, 9.17) is 15.6 Å². The van der Waals surface area contributed by atoms with Crippen LogP contribution in [0.4, 0.5) is 11.8 Å². The number of aromatic nitrogens is 4. The first-order chi connectivity index (χ1) is 17.0. The Morgan fingerprint density at radius 2 is 2.09 bits per heavy atom. The molecule has 0 radical (unpaired) electrons. The van der Waals surface area contributed by atoms with Gasteiger partial charge in [0.25, 0.3) is 5.91 Å². The van der Waals surface area contributed by atoms with Gasteiger partial charge in [0.05, 0.1) is 19.9 Å². The van der Waals surface area contributed by atoms with Crippen molar-refractivity contribution in [2.75, 3.05) is 44.4 Å². The molecule has 4 N–H and O–H groups in total. The van der Waals surface area contributed by atoms with E-state index in [9.17, 15) is 4.79 Å². The van der Waals surface area contributed by atoms with Crippen molar-refractivity contribution >= 4 is 28.7 Å². The van der Waals surface area contributed by atoms with Crippen LogP contribution in [0.2, 0.25) is 0 Å². The van der Waals surface area contributed by atoms with Gasteiger partial charge in [0.1, 0.15) is 16.8 Å². The highest BCUT2D eigenvalue weighted by Crippen LogP contribution is 2.27. The monoisotopic (exact) mass is 481 g/mol. The van der Waals surface area contributed by atoms with E-state index in [1.165, 1.54) is 0 Å². The molecule has 10 heteroatoms. The molecule has 1 aromatic carbocycles. The standard InChI is InChI=1S/C25H35N7O3/c1-3-4-10-27-23-22-20(29-25(26)30-23)15-28-32(22)16-19-6-5-18(14-21(19)35-2)24(34)31-11-7-17(8-12-31)9-13-33/h5-6,14-15,17,33H,3-4,7-13,16H2,1-2H3,(H3,26,27,29,30). The molecule has 0 bridgehead atoms. The zero-order chi connectivity index (χ0) is 24.8. The Morgan fingerprint density at radius 3 is 2.80 bits per heavy atom. The summed E-state index contributed by atoms with van der Waals surface area (Å²) < 4.78 is 7.48. The number of aliphatic hydroxyl groups excluding tert-OH is 1. The zero-order valence-corrected chi connectivity index (χ0v) is 20.5. The van der Waals surface area contributed by atoms with Gasteiger partial charge in [0, 0.05) is 37.4 Å². The summed E-state index contributed by atoms with van der Waals surface area (Å²) in [7, 11) is 1.61. The fraction of sp³-hybridized carbons (Fsp3) is 0.520. The number of nitrogens with zero attached hydrogens (tertiary/aromatic N) is 5. The number of fused-ring (bicyclic) bond motifs is 1. The molecule has 35 heavy (non-hydrogen) atoms. The number of anilines is 2. The van der Waals surface area contributed by atoms with Gasteiger partial charge in [-0.3, -0.25) is 9.48 Å². The molecule has 4 rings (SSSR count). The van der Waals surface area contributed by atoms with Crippen molar-refractivity contribution < 1.29 is 14.6 Å². The molecule has 3 aromatic rings. The van der Waals surface area contributed by atoms with E-state index >= 15 is 0 Å². The Balaban J connectivity index is 1.54. The van der Waals surface area contributed by atoms with Crippen molar-refractivity contribution in [2.24, 2.45) is 5.92 Å². The largest absolute Gasteiger partial charge is 0.496 e. The topological polar surface area (TPSA) is 131 Å². The van der Waals surface area contributed by atoms with E-state index in [1.807, 2.05) is 21.7 Å². The fourth-order valence-electron chi connectivity index (χ4n) is 4.60. The molecule has 1 aliphatic rings. The third-order valence-electron chi connectivity index (χ3n) is 6.62. The molecule has 0 unspecified atom stereocenters. The van der Waals surface area contributed by atoms with E-state index in [-0.39, 0.29) is 18.5 Å². The average molecular weight is 482 g/mol. The number of nitrogens with one attached hydrogen (secondary N) is 1. The Kier molecular flexibility index (Phi) is 8.02. The number of ether oxygens (including phenoxy) is 1. The van der Waals surface area contributed by atoms with Gasteiger partial charge < -0.3 is 25.8 Å². The van der Waals surface area contributed by atoms with E-state index in [0.717, 1.165) is 49.7 Å². The first-order valence-electron chi connectivity index (χ1n) is 12.3. The minimum Gasteiger partial charge on any atom is -0.496 e. The predicted octanol–water partition coefficient (Wildman–Crippen LogP) is 2.91. The number of piperidine rings is 1. The molecule has 1 saturated heterocycles. The van der Waals surface area contributed by atoms with Crippen molar-refractivity contribution in [3.63, 3.8) is 0 Å². The van der Waals surface area contributed by atoms with Crippen LogP contribution in [-0.4, -0.2) is 69.0 Å². The van der Waals surface area contributed by atoms with Crippen LogP contribution in [-0.2, 0) is 6.54 Å². The molecule has 0 aliphatic carbocycles. The SMILES string of the molecule is CCCCNc1nc(N)nc2cnn(Cc3ccc(C(=O)N4CCC(CCO)CC4)cc3OC)c12. The Bertz CT molecular complexity index is 1160. The molecule has 2 aromatic heterocycles. The first-order valence-corrected chi connectivity index (χ1v) is 12.3. The van der Waals surface area contributed by atoms with Gasteiger partial charge in [0.2, 0.25) is 5.95 Å². The molecule has 0 atom stereocenters. The number of aliphatic hydroxyl groups is 1. The third kappa shape index (κ3) is 5.64. The quantitative estimate of drug-likeness (QED) is 0.377. The molecule has 1 amide bonds. The van der Waals surface area contributed by atoms with Gasteiger partial charge in [-0.15, -0.1) is 0 Å². The highest BCUT2D eigenvalue weighted by atomic mass is 16.5. The minimum atomic E-state index is 0.00752. The van der Waals surface area contributed by atoms with Gasteiger partial charge >= 0.3 is 0 Å². The van der Waals surface area contributed by atoms with Crippen molar-refractivity contribution in [1.82, 2.24) is 24.6 Å². The molecular formula is C25H35N7O3. The Hall–Kier alpha value is -3.40. The van der Waals surface area contributed by atoms with Crippen LogP contribution in [0.1, 0.15) is 54.9 Å². The summed E-state index contributed by atoms with van der Waals surface area (Å²) in [5, 5.41) is 17.0. The Labute approximate surface area is 205 Å². The van der Waals surface area contributed by atoms with Crippen LogP contribution in [0, 0.1) is 5.92 Å². The first kappa shape index (κ1) is 24.7. The summed E-state index contributed by atoms with van der Waals surface area (Å²) >= 11 is 0. The Morgan fingerprint density at radius 1 is 1.29 bits per heavy atom. The lowest BCUT2D eigenvalue weighted by Gasteiger charge is -2.32. The van der Waals surface area contributed by atoms with Gasteiger partial charge in [-0.1, -0.05) is 19.4 Å². The van der Waals surface area contributed by atoms with Crippen LogP contribution in [0.25, 0.3) is 11.0 Å². The lowest BCUT2D eigenvalue weighted by Crippen LogP contribution is -2.38. The van der Waals surface area contributed by atoms with Crippen LogP contribution in [0.3, 0.4) is 0 Å². The summed E-state index contributed by atoms with van der Waals surface area (Å²) in [5.41, 5.74) is 8.85. The van der Waals surface area contributed by atoms with Crippen molar-refractivity contribution in [3.8, 4) is 5.75 Å². The number of benzene rings is 1. The summed E-state index contributed by atoms with van der Waals surface area (Å²) in [6.45, 7) is 4.98. The normalized spacial score (nSPS) is 14.4. The maximum absolute atomic E-state index is 13.1. The second kappa shape index (κ2) is 11.4. The van der Waals surface area contributed by atoms with Crippen LogP contribution in [0.5, 0.6) is 5.75 Å². The molecule has 0 saturated carbocycles. The second-order valence-corrected chi connectivity index (χ2v) is 9.02. The predicted molar refractivity (Wildman–Crippen MR) is 136 cm³/mol. The third-order valence-corrected chi connectivity index (χ3v) is 6.62. The maximum Gasteiger partial charge on any atom is 0.253 e. The van der Waals surface area contributed by atoms with Crippen molar-refractivity contribution in [2.45, 2.75) is 45.6 Å². The van der Waals surface area contributed by atoms with E-state index in [0.29, 0.717) is 48.2 Å². The number of likely N-dealkylation sites (tertiary alicyclic amines) is 1. The minimum absolute atomic E-state index is 0.00752. The van der Waals surface area contributed by atoms with E-state index < -0.39 is 0 Å². The zero-order valence-electron chi connectivity index (χ0n) is 20.5. The average Bonchev–Trinajstić information content (AvgIpc) is 3.27. The highest BCUT2D eigenvalue weighted by molar-refractivity contribution is 5.95. The van der Waals surface area contributed by atoms with E-state index in [2.05, 4.69) is 27.3 Å². The molecule has 3 heterocycles.